The normalized spacial score (nSPS) is 22.7. The first-order chi connectivity index (χ1) is 11.8. The summed E-state index contributed by atoms with van der Waals surface area (Å²) in [6.45, 7) is 7.57. The van der Waals surface area contributed by atoms with Crippen molar-refractivity contribution in [2.75, 3.05) is 13.1 Å². The van der Waals surface area contributed by atoms with Gasteiger partial charge in [0.1, 0.15) is 11.9 Å². The molecule has 1 aromatic carbocycles. The van der Waals surface area contributed by atoms with Crippen LogP contribution in [0.5, 0.6) is 0 Å². The molecule has 0 spiro atoms. The van der Waals surface area contributed by atoms with Crippen LogP contribution in [-0.4, -0.2) is 44.2 Å². The van der Waals surface area contributed by atoms with Crippen molar-refractivity contribution >= 4 is 21.8 Å². The molecule has 1 unspecified atom stereocenters. The summed E-state index contributed by atoms with van der Waals surface area (Å²) in [4.78, 5) is 19.6. The second-order valence-electron chi connectivity index (χ2n) is 7.28. The van der Waals surface area contributed by atoms with Gasteiger partial charge < -0.3 is 4.90 Å². The van der Waals surface area contributed by atoms with Crippen LogP contribution in [0.15, 0.2) is 34.2 Å². The number of amides is 1. The van der Waals surface area contributed by atoms with E-state index in [-0.39, 0.29) is 22.6 Å². The minimum Gasteiger partial charge on any atom is -0.341 e. The number of hydrogen-bond acceptors (Lipinski definition) is 4. The Balaban J connectivity index is 1.90. The Labute approximate surface area is 149 Å². The van der Waals surface area contributed by atoms with Gasteiger partial charge in [0.25, 0.3) is 10.0 Å². The first kappa shape index (κ1) is 17.9. The standard InChI is InChI=1S/C18H25N3O3S/c1-12(2)16(18(22)21-10-8-13(3)9-11-21)19-17-14-6-4-5-7-15(14)25(23,24)20-17/h4-7,12-13,16H,8-11H2,1-3H3,(H,19,20). The van der Waals surface area contributed by atoms with Crippen molar-refractivity contribution in [2.24, 2.45) is 16.8 Å². The lowest BCUT2D eigenvalue weighted by Gasteiger charge is -2.33. The summed E-state index contributed by atoms with van der Waals surface area (Å²) in [6, 6.07) is 6.14. The Morgan fingerprint density at radius 2 is 1.88 bits per heavy atom. The van der Waals surface area contributed by atoms with E-state index in [0.717, 1.165) is 25.9 Å². The lowest BCUT2D eigenvalue weighted by molar-refractivity contribution is -0.134. The maximum Gasteiger partial charge on any atom is 0.263 e. The van der Waals surface area contributed by atoms with Gasteiger partial charge in [-0.2, -0.15) is 0 Å². The van der Waals surface area contributed by atoms with E-state index >= 15 is 0 Å². The molecule has 2 aliphatic rings. The highest BCUT2D eigenvalue weighted by atomic mass is 32.2. The topological polar surface area (TPSA) is 78.8 Å². The van der Waals surface area contributed by atoms with E-state index in [9.17, 15) is 13.2 Å². The molecule has 0 aliphatic carbocycles. The molecule has 136 valence electrons. The van der Waals surface area contributed by atoms with E-state index in [2.05, 4.69) is 16.6 Å². The number of hydrogen-bond donors (Lipinski definition) is 1. The Kier molecular flexibility index (Phi) is 4.86. The molecule has 1 N–H and O–H groups in total. The number of likely N-dealkylation sites (tertiary alicyclic amines) is 1. The van der Waals surface area contributed by atoms with Crippen LogP contribution < -0.4 is 4.72 Å². The molecule has 2 heterocycles. The van der Waals surface area contributed by atoms with Gasteiger partial charge in [0, 0.05) is 18.7 Å². The lowest BCUT2D eigenvalue weighted by Crippen LogP contribution is -2.45. The van der Waals surface area contributed by atoms with Crippen LogP contribution in [0.2, 0.25) is 0 Å². The molecule has 25 heavy (non-hydrogen) atoms. The Bertz CT molecular complexity index is 794. The van der Waals surface area contributed by atoms with Gasteiger partial charge >= 0.3 is 0 Å². The fraction of sp³-hybridized carbons (Fsp3) is 0.556. The molecule has 0 aromatic heterocycles. The maximum atomic E-state index is 12.9. The predicted molar refractivity (Wildman–Crippen MR) is 96.9 cm³/mol. The molecular weight excluding hydrogens is 338 g/mol. The van der Waals surface area contributed by atoms with Crippen molar-refractivity contribution in [1.29, 1.82) is 0 Å². The van der Waals surface area contributed by atoms with Crippen molar-refractivity contribution in [3.63, 3.8) is 0 Å². The second-order valence-corrected chi connectivity index (χ2v) is 8.93. The summed E-state index contributed by atoms with van der Waals surface area (Å²) >= 11 is 0. The van der Waals surface area contributed by atoms with Crippen LogP contribution in [0.25, 0.3) is 0 Å². The van der Waals surface area contributed by atoms with Gasteiger partial charge in [-0.3, -0.25) is 14.5 Å². The van der Waals surface area contributed by atoms with Crippen LogP contribution in [0.3, 0.4) is 0 Å². The number of nitrogens with one attached hydrogen (secondary N) is 1. The van der Waals surface area contributed by atoms with Gasteiger partial charge in [0.15, 0.2) is 0 Å². The van der Waals surface area contributed by atoms with Gasteiger partial charge in [0.2, 0.25) is 5.91 Å². The van der Waals surface area contributed by atoms with Crippen LogP contribution in [0.4, 0.5) is 0 Å². The number of carbonyl (C=O) groups excluding carboxylic acids is 1. The number of aliphatic imine (C=N–C) groups is 1. The third-order valence-electron chi connectivity index (χ3n) is 4.91. The first-order valence-electron chi connectivity index (χ1n) is 8.78. The number of benzene rings is 1. The molecule has 1 saturated heterocycles. The zero-order valence-electron chi connectivity index (χ0n) is 14.9. The summed E-state index contributed by atoms with van der Waals surface area (Å²) in [5.41, 5.74) is 0.535. The van der Waals surface area contributed by atoms with Crippen LogP contribution >= 0.6 is 0 Å². The molecule has 3 rings (SSSR count). The third kappa shape index (κ3) is 3.56. The summed E-state index contributed by atoms with van der Waals surface area (Å²) in [5, 5.41) is 0. The number of amidine groups is 1. The smallest absolute Gasteiger partial charge is 0.263 e. The molecule has 0 bridgehead atoms. The van der Waals surface area contributed by atoms with Crippen LogP contribution in [0.1, 0.15) is 39.2 Å². The average Bonchev–Trinajstić information content (AvgIpc) is 2.83. The molecule has 0 radical (unpaired) electrons. The molecule has 0 saturated carbocycles. The van der Waals surface area contributed by atoms with E-state index in [1.54, 1.807) is 24.3 Å². The number of rotatable bonds is 3. The Hall–Kier alpha value is -1.89. The highest BCUT2D eigenvalue weighted by Crippen LogP contribution is 2.24. The van der Waals surface area contributed by atoms with Gasteiger partial charge in [-0.25, -0.2) is 8.42 Å². The molecular formula is C18H25N3O3S. The van der Waals surface area contributed by atoms with Crippen molar-refractivity contribution in [2.45, 2.75) is 44.6 Å². The summed E-state index contributed by atoms with van der Waals surface area (Å²) in [6.07, 6.45) is 2.01. The fourth-order valence-corrected chi connectivity index (χ4v) is 4.51. The quantitative estimate of drug-likeness (QED) is 0.892. The van der Waals surface area contributed by atoms with E-state index in [1.165, 1.54) is 0 Å². The first-order valence-corrected chi connectivity index (χ1v) is 10.3. The van der Waals surface area contributed by atoms with Gasteiger partial charge in [-0.1, -0.05) is 32.9 Å². The average molecular weight is 363 g/mol. The molecule has 1 fully saturated rings. The number of fused-ring (bicyclic) bond motifs is 1. The SMILES string of the molecule is CC1CCN(C(=O)C(N=C2NS(=O)(=O)c3ccccc32)C(C)C)CC1. The van der Waals surface area contributed by atoms with E-state index in [4.69, 9.17) is 0 Å². The number of sulfonamides is 1. The maximum absolute atomic E-state index is 12.9. The minimum atomic E-state index is -3.59. The van der Waals surface area contributed by atoms with E-state index in [0.29, 0.717) is 11.5 Å². The molecule has 6 nitrogen and oxygen atoms in total. The van der Waals surface area contributed by atoms with Gasteiger partial charge in [-0.05, 0) is 36.8 Å². The molecule has 7 heteroatoms. The van der Waals surface area contributed by atoms with Crippen molar-refractivity contribution < 1.29 is 13.2 Å². The second kappa shape index (κ2) is 6.78. The highest BCUT2D eigenvalue weighted by Gasteiger charge is 2.34. The van der Waals surface area contributed by atoms with Crippen molar-refractivity contribution in [1.82, 2.24) is 9.62 Å². The van der Waals surface area contributed by atoms with E-state index in [1.807, 2.05) is 18.7 Å². The summed E-state index contributed by atoms with van der Waals surface area (Å²) in [5.74, 6) is 0.879. The zero-order chi connectivity index (χ0) is 18.2. The largest absolute Gasteiger partial charge is 0.341 e. The van der Waals surface area contributed by atoms with Crippen LogP contribution in [-0.2, 0) is 14.8 Å². The highest BCUT2D eigenvalue weighted by molar-refractivity contribution is 7.90. The summed E-state index contributed by atoms with van der Waals surface area (Å²) < 4.78 is 27.0. The monoisotopic (exact) mass is 363 g/mol. The molecule has 2 aliphatic heterocycles. The molecule has 1 amide bonds. The predicted octanol–water partition coefficient (Wildman–Crippen LogP) is 2.01. The molecule has 1 aromatic rings. The Morgan fingerprint density at radius 1 is 1.24 bits per heavy atom. The van der Waals surface area contributed by atoms with Gasteiger partial charge in [0.05, 0.1) is 4.90 Å². The Morgan fingerprint density at radius 3 is 2.52 bits per heavy atom. The van der Waals surface area contributed by atoms with E-state index < -0.39 is 16.1 Å². The fourth-order valence-electron chi connectivity index (χ4n) is 3.27. The number of nitrogens with zero attached hydrogens (tertiary/aromatic N) is 2. The zero-order valence-corrected chi connectivity index (χ0v) is 15.7. The number of carbonyl (C=O) groups is 1. The number of piperidine rings is 1. The minimum absolute atomic E-state index is 0.0158. The molecule has 1 atom stereocenters. The van der Waals surface area contributed by atoms with Crippen LogP contribution in [0, 0.1) is 11.8 Å². The third-order valence-corrected chi connectivity index (χ3v) is 6.31. The van der Waals surface area contributed by atoms with Crippen molar-refractivity contribution in [3.8, 4) is 0 Å². The summed E-state index contributed by atoms with van der Waals surface area (Å²) in [7, 11) is -3.59. The van der Waals surface area contributed by atoms with Crippen molar-refractivity contribution in [3.05, 3.63) is 29.8 Å². The lowest BCUT2D eigenvalue weighted by atomic mass is 9.97. The van der Waals surface area contributed by atoms with Gasteiger partial charge in [-0.15, -0.1) is 0 Å².